The van der Waals surface area contributed by atoms with E-state index in [2.05, 4.69) is 50.5 Å². The number of fused-ring (bicyclic) bond motifs is 5. The van der Waals surface area contributed by atoms with Gasteiger partial charge < -0.3 is 5.32 Å². The molecule has 5 heteroatoms. The molecule has 4 nitrogen and oxygen atoms in total. The summed E-state index contributed by atoms with van der Waals surface area (Å²) >= 11 is 1.77. The molecule has 0 bridgehead atoms. The van der Waals surface area contributed by atoms with Crippen LogP contribution in [0.2, 0.25) is 0 Å². The zero-order valence-electron chi connectivity index (χ0n) is 29.8. The van der Waals surface area contributed by atoms with Crippen molar-refractivity contribution in [2.75, 3.05) is 0 Å². The number of Topliss-reactive ketones (excluding diaryl/α,β-unsaturated/α-hetero) is 2. The van der Waals surface area contributed by atoms with Crippen LogP contribution in [-0.2, 0) is 14.4 Å². The number of hydrogen-bond acceptors (Lipinski definition) is 4. The topological polar surface area (TPSA) is 63.2 Å². The fraction of sp³-hybridized carbons (Fsp3) is 0.829. The van der Waals surface area contributed by atoms with E-state index in [1.54, 1.807) is 11.3 Å². The molecule has 4 fully saturated rings. The van der Waals surface area contributed by atoms with Crippen molar-refractivity contribution in [3.8, 4) is 0 Å². The van der Waals surface area contributed by atoms with Gasteiger partial charge in [0, 0.05) is 36.5 Å². The minimum atomic E-state index is 0.122. The van der Waals surface area contributed by atoms with Crippen LogP contribution < -0.4 is 5.32 Å². The highest BCUT2D eigenvalue weighted by Gasteiger charge is 2.63. The fourth-order valence-corrected chi connectivity index (χ4v) is 12.0. The first kappa shape index (κ1) is 35.8. The Kier molecular flexibility index (Phi) is 12.7. The molecule has 0 saturated heterocycles. The van der Waals surface area contributed by atoms with Crippen LogP contribution in [0.15, 0.2) is 17.5 Å². The van der Waals surface area contributed by atoms with Crippen LogP contribution in [0.3, 0.4) is 0 Å². The predicted octanol–water partition coefficient (Wildman–Crippen LogP) is 11.0. The second kappa shape index (κ2) is 16.3. The molecule has 4 saturated carbocycles. The minimum Gasteiger partial charge on any atom is -0.348 e. The molecule has 1 aromatic rings. The summed E-state index contributed by atoms with van der Waals surface area (Å²) in [5.74, 6) is 3.10. The molecule has 1 heterocycles. The highest BCUT2D eigenvalue weighted by molar-refractivity contribution is 7.10. The zero-order chi connectivity index (χ0) is 32.7. The molecule has 1 N–H and O–H groups in total. The summed E-state index contributed by atoms with van der Waals surface area (Å²) in [4.78, 5) is 40.9. The molecular formula is C41H65NO3S. The van der Waals surface area contributed by atoms with Crippen molar-refractivity contribution in [3.05, 3.63) is 22.4 Å². The maximum absolute atomic E-state index is 13.7. The lowest BCUT2D eigenvalue weighted by Gasteiger charge is -2.59. The highest BCUT2D eigenvalue weighted by Crippen LogP contribution is 2.67. The third-order valence-electron chi connectivity index (χ3n) is 13.9. The SMILES string of the molecule is CCCCCCCCCCCCCC(NC(=O)C[C@@H](C)C1CC[C@H]2C3C(=O)CC4CC(=O)CCC4(C)[C@H]3CCC12C)c1cccs1. The number of thiophene rings is 1. The summed E-state index contributed by atoms with van der Waals surface area (Å²) < 4.78 is 0. The van der Waals surface area contributed by atoms with E-state index in [4.69, 9.17) is 0 Å². The third-order valence-corrected chi connectivity index (χ3v) is 14.9. The van der Waals surface area contributed by atoms with Gasteiger partial charge in [-0.3, -0.25) is 14.4 Å². The number of carbonyl (C=O) groups is 3. The number of rotatable bonds is 17. The number of hydrogen-bond donors (Lipinski definition) is 1. The fourth-order valence-electron chi connectivity index (χ4n) is 11.2. The Morgan fingerprint density at radius 1 is 0.891 bits per heavy atom. The maximum Gasteiger partial charge on any atom is 0.220 e. The van der Waals surface area contributed by atoms with Crippen LogP contribution in [0.1, 0.15) is 173 Å². The summed E-state index contributed by atoms with van der Waals surface area (Å²) in [5, 5.41) is 5.61. The van der Waals surface area contributed by atoms with Crippen LogP contribution in [0.5, 0.6) is 0 Å². The van der Waals surface area contributed by atoms with Crippen molar-refractivity contribution >= 4 is 28.8 Å². The lowest BCUT2D eigenvalue weighted by molar-refractivity contribution is -0.159. The minimum absolute atomic E-state index is 0.122. The van der Waals surface area contributed by atoms with Crippen molar-refractivity contribution in [1.29, 1.82) is 0 Å². The van der Waals surface area contributed by atoms with Crippen molar-refractivity contribution in [2.45, 2.75) is 169 Å². The van der Waals surface area contributed by atoms with E-state index in [0.717, 1.165) is 38.5 Å². The molecule has 0 radical (unpaired) electrons. The third kappa shape index (κ3) is 8.03. The molecule has 0 aliphatic heterocycles. The molecule has 0 aromatic carbocycles. The van der Waals surface area contributed by atoms with Crippen molar-refractivity contribution in [1.82, 2.24) is 5.32 Å². The summed E-state index contributed by atoms with van der Waals surface area (Å²) in [6.07, 6.45) is 23.8. The quantitative estimate of drug-likeness (QED) is 0.170. The monoisotopic (exact) mass is 651 g/mol. The first-order valence-corrected chi connectivity index (χ1v) is 20.4. The van der Waals surface area contributed by atoms with Gasteiger partial charge in [-0.2, -0.15) is 0 Å². The number of amides is 1. The van der Waals surface area contributed by atoms with Gasteiger partial charge in [-0.15, -0.1) is 11.3 Å². The average molecular weight is 652 g/mol. The lowest BCUT2D eigenvalue weighted by atomic mass is 9.44. The van der Waals surface area contributed by atoms with E-state index >= 15 is 0 Å². The van der Waals surface area contributed by atoms with E-state index in [0.29, 0.717) is 60.9 Å². The number of unbranched alkanes of at least 4 members (excludes halogenated alkanes) is 10. The molecule has 4 aliphatic rings. The van der Waals surface area contributed by atoms with Gasteiger partial charge in [0.15, 0.2) is 0 Å². The van der Waals surface area contributed by atoms with Gasteiger partial charge in [-0.05, 0) is 90.4 Å². The van der Waals surface area contributed by atoms with E-state index in [-0.39, 0.29) is 34.6 Å². The second-order valence-electron chi connectivity index (χ2n) is 16.7. The van der Waals surface area contributed by atoms with Crippen molar-refractivity contribution < 1.29 is 14.4 Å². The normalized spacial score (nSPS) is 33.6. The predicted molar refractivity (Wildman–Crippen MR) is 191 cm³/mol. The van der Waals surface area contributed by atoms with Gasteiger partial charge in [-0.1, -0.05) is 104 Å². The summed E-state index contributed by atoms with van der Waals surface area (Å²) in [7, 11) is 0. The largest absolute Gasteiger partial charge is 0.348 e. The van der Waals surface area contributed by atoms with Crippen molar-refractivity contribution in [3.63, 3.8) is 0 Å². The Hall–Kier alpha value is -1.49. The molecule has 9 atom stereocenters. The van der Waals surface area contributed by atoms with E-state index < -0.39 is 0 Å². The number of nitrogens with one attached hydrogen (secondary N) is 1. The highest BCUT2D eigenvalue weighted by atomic mass is 32.1. The molecule has 1 amide bonds. The molecule has 258 valence electrons. The molecule has 6 unspecified atom stereocenters. The van der Waals surface area contributed by atoms with Crippen LogP contribution >= 0.6 is 11.3 Å². The van der Waals surface area contributed by atoms with Crippen molar-refractivity contribution in [2.24, 2.45) is 46.3 Å². The number of carbonyl (C=O) groups excluding carboxylic acids is 3. The molecule has 46 heavy (non-hydrogen) atoms. The standard InChI is InChI=1S/C41H65NO3S/c1-5-6-7-8-9-10-11-12-13-14-15-17-35(37-18-16-25-46-37)42-38(45)26-29(2)32-19-20-33-39-34(22-24-41(32,33)4)40(3)23-21-31(43)27-30(40)28-36(39)44/h16,18,25,29-30,32-35,39H,5-15,17,19-24,26-28H2,1-4H3,(H,42,45)/t29-,30?,32?,33+,34+,35?,39?,40?,41?/m1/s1. The van der Waals surface area contributed by atoms with Crippen LogP contribution in [0, 0.1) is 46.3 Å². The summed E-state index contributed by atoms with van der Waals surface area (Å²) in [6, 6.07) is 4.42. The number of ketones is 2. The van der Waals surface area contributed by atoms with Gasteiger partial charge in [0.25, 0.3) is 0 Å². The summed E-state index contributed by atoms with van der Waals surface area (Å²) in [6.45, 7) is 9.47. The molecule has 4 aliphatic carbocycles. The van der Waals surface area contributed by atoms with Crippen LogP contribution in [0.4, 0.5) is 0 Å². The second-order valence-corrected chi connectivity index (χ2v) is 17.7. The molecule has 0 spiro atoms. The molecule has 1 aromatic heterocycles. The smallest absolute Gasteiger partial charge is 0.220 e. The maximum atomic E-state index is 13.7. The van der Waals surface area contributed by atoms with Gasteiger partial charge >= 0.3 is 0 Å². The Labute approximate surface area is 285 Å². The zero-order valence-corrected chi connectivity index (χ0v) is 30.6. The van der Waals surface area contributed by atoms with Gasteiger partial charge in [0.1, 0.15) is 11.6 Å². The molecular weight excluding hydrogens is 587 g/mol. The lowest BCUT2D eigenvalue weighted by Crippen LogP contribution is -2.57. The Morgan fingerprint density at radius 3 is 2.24 bits per heavy atom. The van der Waals surface area contributed by atoms with E-state index in [1.807, 2.05) is 0 Å². The first-order valence-electron chi connectivity index (χ1n) is 19.5. The van der Waals surface area contributed by atoms with Gasteiger partial charge in [-0.25, -0.2) is 0 Å². The first-order chi connectivity index (χ1) is 22.2. The van der Waals surface area contributed by atoms with Crippen LogP contribution in [0.25, 0.3) is 0 Å². The van der Waals surface area contributed by atoms with E-state index in [9.17, 15) is 14.4 Å². The van der Waals surface area contributed by atoms with Gasteiger partial charge in [0.2, 0.25) is 5.91 Å². The average Bonchev–Trinajstić information content (AvgIpc) is 3.68. The summed E-state index contributed by atoms with van der Waals surface area (Å²) in [5.41, 5.74) is 0.273. The molecule has 5 rings (SSSR count). The Bertz CT molecular complexity index is 1150. The Balaban J connectivity index is 1.10. The van der Waals surface area contributed by atoms with E-state index in [1.165, 1.54) is 75.5 Å². The Morgan fingerprint density at radius 2 is 1.57 bits per heavy atom. The van der Waals surface area contributed by atoms with Gasteiger partial charge in [0.05, 0.1) is 6.04 Å². The van der Waals surface area contributed by atoms with Crippen LogP contribution in [-0.4, -0.2) is 17.5 Å².